The van der Waals surface area contributed by atoms with Crippen molar-refractivity contribution < 1.29 is 14.3 Å². The van der Waals surface area contributed by atoms with E-state index in [0.717, 1.165) is 47.4 Å². The summed E-state index contributed by atoms with van der Waals surface area (Å²) in [5.74, 6) is 1.58. The van der Waals surface area contributed by atoms with Gasteiger partial charge in [0.1, 0.15) is 23.1 Å². The third-order valence-corrected chi connectivity index (χ3v) is 5.19. The number of anilines is 1. The predicted molar refractivity (Wildman–Crippen MR) is 118 cm³/mol. The second-order valence-corrected chi connectivity index (χ2v) is 7.46. The van der Waals surface area contributed by atoms with Crippen LogP contribution >= 0.6 is 0 Å². The molecule has 2 heterocycles. The van der Waals surface area contributed by atoms with Crippen molar-refractivity contribution in [3.63, 3.8) is 0 Å². The number of rotatable bonds is 7. The van der Waals surface area contributed by atoms with Crippen LogP contribution in [0.5, 0.6) is 11.5 Å². The fourth-order valence-electron chi connectivity index (χ4n) is 3.53. The zero-order chi connectivity index (χ0) is 20.8. The second-order valence-electron chi connectivity index (χ2n) is 7.46. The van der Waals surface area contributed by atoms with Gasteiger partial charge in [-0.1, -0.05) is 31.5 Å². The molecule has 0 spiro atoms. The molecule has 30 heavy (non-hydrogen) atoms. The normalized spacial score (nSPS) is 15.9. The highest BCUT2D eigenvalue weighted by atomic mass is 16.5. The number of urea groups is 1. The third kappa shape index (κ3) is 4.82. The van der Waals surface area contributed by atoms with E-state index >= 15 is 0 Å². The Morgan fingerprint density at radius 1 is 1.17 bits per heavy atom. The number of aromatic nitrogens is 1. The van der Waals surface area contributed by atoms with Gasteiger partial charge < -0.3 is 19.7 Å². The van der Waals surface area contributed by atoms with E-state index in [2.05, 4.69) is 17.2 Å². The van der Waals surface area contributed by atoms with Gasteiger partial charge in [-0.05, 0) is 42.8 Å². The van der Waals surface area contributed by atoms with Crippen molar-refractivity contribution in [1.29, 1.82) is 0 Å². The molecule has 1 unspecified atom stereocenters. The van der Waals surface area contributed by atoms with Crippen LogP contribution in [0.4, 0.5) is 10.5 Å². The first-order valence-corrected chi connectivity index (χ1v) is 10.5. The maximum atomic E-state index is 12.6. The summed E-state index contributed by atoms with van der Waals surface area (Å²) in [5, 5.41) is 4.00. The molecule has 6 nitrogen and oxygen atoms in total. The number of likely N-dealkylation sites (tertiary alicyclic amines) is 1. The SMILES string of the molecule is CCCCOc1ccc(NC(=O)N2CCC(Oc3cccc4cccnc34)C2)cc1. The van der Waals surface area contributed by atoms with Crippen molar-refractivity contribution in [2.75, 3.05) is 25.0 Å². The van der Waals surface area contributed by atoms with Gasteiger partial charge in [0.2, 0.25) is 0 Å². The van der Waals surface area contributed by atoms with E-state index in [9.17, 15) is 4.79 Å². The first-order chi connectivity index (χ1) is 14.7. The number of hydrogen-bond acceptors (Lipinski definition) is 4. The lowest BCUT2D eigenvalue weighted by molar-refractivity contribution is 0.196. The van der Waals surface area contributed by atoms with Crippen molar-refractivity contribution >= 4 is 22.6 Å². The van der Waals surface area contributed by atoms with Crippen molar-refractivity contribution in [3.05, 3.63) is 60.8 Å². The molecule has 4 rings (SSSR count). The lowest BCUT2D eigenvalue weighted by Gasteiger charge is -2.18. The summed E-state index contributed by atoms with van der Waals surface area (Å²) < 4.78 is 11.8. The van der Waals surface area contributed by atoms with E-state index in [0.29, 0.717) is 19.7 Å². The van der Waals surface area contributed by atoms with Gasteiger partial charge in [0.25, 0.3) is 0 Å². The van der Waals surface area contributed by atoms with Crippen LogP contribution in [-0.2, 0) is 0 Å². The summed E-state index contributed by atoms with van der Waals surface area (Å²) >= 11 is 0. The molecular weight excluding hydrogens is 378 g/mol. The molecule has 1 fully saturated rings. The smallest absolute Gasteiger partial charge is 0.321 e. The molecule has 2 aromatic carbocycles. The average Bonchev–Trinajstić information content (AvgIpc) is 3.24. The zero-order valence-electron chi connectivity index (χ0n) is 17.2. The van der Waals surface area contributed by atoms with E-state index in [-0.39, 0.29) is 12.1 Å². The van der Waals surface area contributed by atoms with Crippen LogP contribution in [0.25, 0.3) is 10.9 Å². The van der Waals surface area contributed by atoms with Crippen LogP contribution in [-0.4, -0.2) is 41.7 Å². The molecule has 3 aromatic rings. The molecule has 2 amide bonds. The summed E-state index contributed by atoms with van der Waals surface area (Å²) in [6, 6.07) is 17.2. The monoisotopic (exact) mass is 405 g/mol. The Morgan fingerprint density at radius 3 is 2.83 bits per heavy atom. The minimum atomic E-state index is -0.114. The van der Waals surface area contributed by atoms with E-state index in [1.165, 1.54) is 0 Å². The van der Waals surface area contributed by atoms with Crippen LogP contribution in [0, 0.1) is 0 Å². The van der Waals surface area contributed by atoms with E-state index in [1.54, 1.807) is 11.1 Å². The van der Waals surface area contributed by atoms with Crippen LogP contribution in [0.1, 0.15) is 26.2 Å². The lowest BCUT2D eigenvalue weighted by Crippen LogP contribution is -2.34. The maximum absolute atomic E-state index is 12.6. The number of carbonyl (C=O) groups is 1. The number of carbonyl (C=O) groups excluding carboxylic acids is 1. The number of unbranched alkanes of at least 4 members (excludes halogenated alkanes) is 1. The first-order valence-electron chi connectivity index (χ1n) is 10.5. The summed E-state index contributed by atoms with van der Waals surface area (Å²) in [6.07, 6.45) is 4.65. The number of fused-ring (bicyclic) bond motifs is 1. The van der Waals surface area contributed by atoms with Crippen LogP contribution in [0.2, 0.25) is 0 Å². The highest BCUT2D eigenvalue weighted by molar-refractivity contribution is 5.89. The van der Waals surface area contributed by atoms with Crippen molar-refractivity contribution in [2.45, 2.75) is 32.3 Å². The van der Waals surface area contributed by atoms with Crippen LogP contribution in [0.15, 0.2) is 60.8 Å². The number of pyridine rings is 1. The molecule has 0 bridgehead atoms. The minimum Gasteiger partial charge on any atom is -0.494 e. The Hall–Kier alpha value is -3.28. The Balaban J connectivity index is 1.31. The fraction of sp³-hybridized carbons (Fsp3) is 0.333. The third-order valence-electron chi connectivity index (χ3n) is 5.19. The number of hydrogen-bond donors (Lipinski definition) is 1. The van der Waals surface area contributed by atoms with Gasteiger partial charge in [-0.15, -0.1) is 0 Å². The quantitative estimate of drug-likeness (QED) is 0.556. The number of benzene rings is 2. The number of nitrogens with zero attached hydrogens (tertiary/aromatic N) is 2. The molecule has 1 aliphatic rings. The van der Waals surface area contributed by atoms with E-state index < -0.39 is 0 Å². The molecular formula is C24H27N3O3. The molecule has 1 aliphatic heterocycles. The van der Waals surface area contributed by atoms with Gasteiger partial charge in [0, 0.05) is 30.2 Å². The molecule has 0 saturated carbocycles. The minimum absolute atomic E-state index is 0.0438. The highest BCUT2D eigenvalue weighted by Crippen LogP contribution is 2.26. The Morgan fingerprint density at radius 2 is 2.00 bits per heavy atom. The van der Waals surface area contributed by atoms with Gasteiger partial charge in [0.05, 0.1) is 13.2 Å². The standard InChI is InChI=1S/C24H27N3O3/c1-2-3-16-29-20-11-9-19(10-12-20)26-24(28)27-15-13-21(17-27)30-22-8-4-6-18-7-5-14-25-23(18)22/h4-12,14,21H,2-3,13,15-17H2,1H3,(H,26,28). The Labute approximate surface area is 176 Å². The van der Waals surface area contributed by atoms with Crippen LogP contribution in [0.3, 0.4) is 0 Å². The first kappa shape index (κ1) is 20.0. The Kier molecular flexibility index (Phi) is 6.32. The van der Waals surface area contributed by atoms with E-state index in [1.807, 2.05) is 54.6 Å². The molecule has 6 heteroatoms. The molecule has 156 valence electrons. The van der Waals surface area contributed by atoms with Crippen LogP contribution < -0.4 is 14.8 Å². The Bertz CT molecular complexity index is 985. The number of ether oxygens (including phenoxy) is 2. The van der Waals surface area contributed by atoms with Gasteiger partial charge in [-0.3, -0.25) is 4.98 Å². The van der Waals surface area contributed by atoms with Crippen molar-refractivity contribution in [2.24, 2.45) is 0 Å². The molecule has 1 saturated heterocycles. The average molecular weight is 405 g/mol. The van der Waals surface area contributed by atoms with Gasteiger partial charge in [0.15, 0.2) is 0 Å². The van der Waals surface area contributed by atoms with E-state index in [4.69, 9.17) is 9.47 Å². The maximum Gasteiger partial charge on any atom is 0.321 e. The summed E-state index contributed by atoms with van der Waals surface area (Å²) in [5.41, 5.74) is 1.61. The summed E-state index contributed by atoms with van der Waals surface area (Å²) in [4.78, 5) is 18.9. The van der Waals surface area contributed by atoms with Gasteiger partial charge in [-0.25, -0.2) is 4.79 Å². The van der Waals surface area contributed by atoms with Crippen molar-refractivity contribution in [1.82, 2.24) is 9.88 Å². The van der Waals surface area contributed by atoms with Gasteiger partial charge in [-0.2, -0.15) is 0 Å². The fourth-order valence-corrected chi connectivity index (χ4v) is 3.53. The summed E-state index contributed by atoms with van der Waals surface area (Å²) in [6.45, 7) is 4.05. The number of nitrogens with one attached hydrogen (secondary N) is 1. The predicted octanol–water partition coefficient (Wildman–Crippen LogP) is 5.10. The van der Waals surface area contributed by atoms with Gasteiger partial charge >= 0.3 is 6.03 Å². The highest BCUT2D eigenvalue weighted by Gasteiger charge is 2.28. The molecule has 0 aliphatic carbocycles. The second kappa shape index (κ2) is 9.48. The number of para-hydroxylation sites is 1. The topological polar surface area (TPSA) is 63.7 Å². The summed E-state index contributed by atoms with van der Waals surface area (Å²) in [7, 11) is 0. The molecule has 0 radical (unpaired) electrons. The zero-order valence-corrected chi connectivity index (χ0v) is 17.2. The molecule has 1 atom stereocenters. The largest absolute Gasteiger partial charge is 0.494 e. The molecule has 1 N–H and O–H groups in total. The van der Waals surface area contributed by atoms with Crippen molar-refractivity contribution in [3.8, 4) is 11.5 Å². The lowest BCUT2D eigenvalue weighted by atomic mass is 10.2. The molecule has 1 aromatic heterocycles. The number of amides is 2.